The summed E-state index contributed by atoms with van der Waals surface area (Å²) in [6.45, 7) is 0.264. The average Bonchev–Trinajstić information content (AvgIpc) is 3.08. The Balaban J connectivity index is 1.70. The first-order valence-corrected chi connectivity index (χ1v) is 9.58. The molecule has 0 radical (unpaired) electrons. The molecule has 0 aliphatic carbocycles. The zero-order valence-electron chi connectivity index (χ0n) is 13.2. The topological polar surface area (TPSA) is 66.8 Å². The largest absolute Gasteiger partial charge is 0.481 e. The number of ether oxygens (including phenoxy) is 1. The van der Waals surface area contributed by atoms with Gasteiger partial charge in [-0.25, -0.2) is 0 Å². The molecule has 22 heavy (non-hydrogen) atoms. The highest BCUT2D eigenvalue weighted by molar-refractivity contribution is 7.99. The third kappa shape index (κ3) is 5.28. The SMILES string of the molecule is O=C(O)CCC/C=C\C[C@@H]1[C@H](CCSCCO)[C@@H]2CC[C@H]1O2. The van der Waals surface area contributed by atoms with Crippen LogP contribution in [-0.2, 0) is 9.53 Å². The van der Waals surface area contributed by atoms with E-state index in [1.165, 1.54) is 19.3 Å². The number of aliphatic carboxylic acids is 1. The van der Waals surface area contributed by atoms with E-state index in [0.29, 0.717) is 24.0 Å². The van der Waals surface area contributed by atoms with Gasteiger partial charge in [-0.1, -0.05) is 12.2 Å². The lowest BCUT2D eigenvalue weighted by Crippen LogP contribution is -2.27. The van der Waals surface area contributed by atoms with E-state index in [1.807, 2.05) is 11.8 Å². The van der Waals surface area contributed by atoms with Crippen LogP contribution in [0.5, 0.6) is 0 Å². The molecule has 2 N–H and O–H groups in total. The van der Waals surface area contributed by atoms with Gasteiger partial charge in [0.15, 0.2) is 0 Å². The lowest BCUT2D eigenvalue weighted by molar-refractivity contribution is -0.137. The van der Waals surface area contributed by atoms with Crippen molar-refractivity contribution in [2.75, 3.05) is 18.1 Å². The van der Waals surface area contributed by atoms with Gasteiger partial charge in [-0.2, -0.15) is 11.8 Å². The van der Waals surface area contributed by atoms with Crippen molar-refractivity contribution in [1.29, 1.82) is 0 Å². The molecule has 2 heterocycles. The highest BCUT2D eigenvalue weighted by atomic mass is 32.2. The molecule has 0 unspecified atom stereocenters. The maximum absolute atomic E-state index is 10.5. The fourth-order valence-corrected chi connectivity index (χ4v) is 4.50. The van der Waals surface area contributed by atoms with Crippen molar-refractivity contribution in [2.45, 2.75) is 57.2 Å². The van der Waals surface area contributed by atoms with Crippen LogP contribution in [0.3, 0.4) is 0 Å². The van der Waals surface area contributed by atoms with Gasteiger partial charge in [0.25, 0.3) is 0 Å². The maximum atomic E-state index is 10.5. The summed E-state index contributed by atoms with van der Waals surface area (Å²) in [7, 11) is 0. The summed E-state index contributed by atoms with van der Waals surface area (Å²) >= 11 is 1.83. The summed E-state index contributed by atoms with van der Waals surface area (Å²) < 4.78 is 6.09. The van der Waals surface area contributed by atoms with Crippen molar-refractivity contribution >= 4 is 17.7 Å². The van der Waals surface area contributed by atoms with Crippen LogP contribution in [0.2, 0.25) is 0 Å². The number of allylic oxidation sites excluding steroid dienone is 2. The van der Waals surface area contributed by atoms with Crippen LogP contribution in [0, 0.1) is 11.8 Å². The lowest BCUT2D eigenvalue weighted by Gasteiger charge is -2.27. The van der Waals surface area contributed by atoms with Gasteiger partial charge in [0.1, 0.15) is 0 Å². The summed E-state index contributed by atoms with van der Waals surface area (Å²) in [5.41, 5.74) is 0. The molecule has 2 saturated heterocycles. The standard InChI is InChI=1S/C17H28O4S/c18-10-12-22-11-9-14-13(15-7-8-16(14)21-15)5-3-1-2-4-6-17(19)20/h1,3,13-16,18H,2,4-12H2,(H,19,20)/b3-1-/t13-,14+,15-,16+/m1/s1. The monoisotopic (exact) mass is 328 g/mol. The first-order chi connectivity index (χ1) is 10.7. The number of aliphatic hydroxyl groups excluding tert-OH is 1. The van der Waals surface area contributed by atoms with E-state index in [2.05, 4.69) is 12.2 Å². The number of carboxylic acid groups (broad SMARTS) is 1. The molecule has 126 valence electrons. The van der Waals surface area contributed by atoms with Crippen molar-refractivity contribution in [3.05, 3.63) is 12.2 Å². The number of carboxylic acids is 1. The molecule has 2 aliphatic rings. The molecular formula is C17H28O4S. The normalized spacial score (nSPS) is 30.4. The molecule has 2 aliphatic heterocycles. The van der Waals surface area contributed by atoms with Gasteiger partial charge in [0.2, 0.25) is 0 Å². The van der Waals surface area contributed by atoms with E-state index in [-0.39, 0.29) is 13.0 Å². The Morgan fingerprint density at radius 3 is 2.68 bits per heavy atom. The van der Waals surface area contributed by atoms with Gasteiger partial charge < -0.3 is 14.9 Å². The van der Waals surface area contributed by atoms with Gasteiger partial charge in [0.05, 0.1) is 18.8 Å². The summed E-state index contributed by atoms with van der Waals surface area (Å²) in [6.07, 6.45) is 11.7. The Morgan fingerprint density at radius 1 is 1.18 bits per heavy atom. The second kappa shape index (κ2) is 9.58. The van der Waals surface area contributed by atoms with Gasteiger partial charge in [0, 0.05) is 12.2 Å². The number of unbranched alkanes of at least 4 members (excludes halogenated alkanes) is 1. The summed E-state index contributed by atoms with van der Waals surface area (Å²) in [6, 6.07) is 0. The molecule has 4 nitrogen and oxygen atoms in total. The molecule has 0 aromatic rings. The van der Waals surface area contributed by atoms with E-state index in [4.69, 9.17) is 14.9 Å². The Hall–Kier alpha value is -0.520. The molecule has 2 fully saturated rings. The second-order valence-corrected chi connectivity index (χ2v) is 7.46. The van der Waals surface area contributed by atoms with Gasteiger partial charge in [-0.3, -0.25) is 4.79 Å². The minimum absolute atomic E-state index is 0.256. The Kier molecular flexibility index (Phi) is 7.76. The average molecular weight is 328 g/mol. The van der Waals surface area contributed by atoms with Crippen LogP contribution in [0.15, 0.2) is 12.2 Å². The van der Waals surface area contributed by atoms with Gasteiger partial charge in [-0.05, 0) is 56.1 Å². The number of thioether (sulfide) groups is 1. The quantitative estimate of drug-likeness (QED) is 0.451. The summed E-state index contributed by atoms with van der Waals surface area (Å²) in [4.78, 5) is 10.5. The van der Waals surface area contributed by atoms with Gasteiger partial charge in [-0.15, -0.1) is 0 Å². The number of rotatable bonds is 11. The highest BCUT2D eigenvalue weighted by Gasteiger charge is 2.47. The van der Waals surface area contributed by atoms with Crippen molar-refractivity contribution < 1.29 is 19.7 Å². The summed E-state index contributed by atoms with van der Waals surface area (Å²) in [5.74, 6) is 2.51. The van der Waals surface area contributed by atoms with E-state index >= 15 is 0 Å². The van der Waals surface area contributed by atoms with Crippen molar-refractivity contribution in [1.82, 2.24) is 0 Å². The molecule has 2 bridgehead atoms. The smallest absolute Gasteiger partial charge is 0.303 e. The fraction of sp³-hybridized carbons (Fsp3) is 0.824. The van der Waals surface area contributed by atoms with Crippen LogP contribution >= 0.6 is 11.8 Å². The van der Waals surface area contributed by atoms with E-state index in [1.54, 1.807) is 0 Å². The van der Waals surface area contributed by atoms with Gasteiger partial charge >= 0.3 is 5.97 Å². The number of fused-ring (bicyclic) bond motifs is 2. The Bertz CT molecular complexity index is 372. The number of hydrogen-bond donors (Lipinski definition) is 2. The van der Waals surface area contributed by atoms with Crippen molar-refractivity contribution in [2.24, 2.45) is 11.8 Å². The minimum Gasteiger partial charge on any atom is -0.481 e. The zero-order chi connectivity index (χ0) is 15.8. The molecule has 0 amide bonds. The van der Waals surface area contributed by atoms with Crippen LogP contribution < -0.4 is 0 Å². The Morgan fingerprint density at radius 2 is 1.95 bits per heavy atom. The predicted molar refractivity (Wildman–Crippen MR) is 89.1 cm³/mol. The molecule has 5 heteroatoms. The lowest BCUT2D eigenvalue weighted by atomic mass is 9.76. The molecule has 0 saturated carbocycles. The molecule has 0 aromatic heterocycles. The van der Waals surface area contributed by atoms with Crippen molar-refractivity contribution in [3.8, 4) is 0 Å². The first kappa shape index (κ1) is 17.8. The second-order valence-electron chi connectivity index (χ2n) is 6.24. The molecule has 4 atom stereocenters. The Labute approximate surface area is 137 Å². The van der Waals surface area contributed by atoms with Crippen LogP contribution in [0.1, 0.15) is 44.9 Å². The first-order valence-electron chi connectivity index (χ1n) is 8.43. The third-order valence-electron chi connectivity index (χ3n) is 4.76. The van der Waals surface area contributed by atoms with E-state index in [9.17, 15) is 4.79 Å². The number of aliphatic hydroxyl groups is 1. The molecule has 0 aromatic carbocycles. The molecule has 0 spiro atoms. The van der Waals surface area contributed by atoms with E-state index in [0.717, 1.165) is 30.8 Å². The summed E-state index contributed by atoms with van der Waals surface area (Å²) in [5, 5.41) is 17.5. The maximum Gasteiger partial charge on any atom is 0.303 e. The van der Waals surface area contributed by atoms with Crippen molar-refractivity contribution in [3.63, 3.8) is 0 Å². The number of hydrogen-bond acceptors (Lipinski definition) is 4. The molecule has 2 rings (SSSR count). The highest BCUT2D eigenvalue weighted by Crippen LogP contribution is 2.46. The van der Waals surface area contributed by atoms with Crippen LogP contribution in [0.4, 0.5) is 0 Å². The predicted octanol–water partition coefficient (Wildman–Crippen LogP) is 3.10. The fourth-order valence-electron chi connectivity index (χ4n) is 3.73. The van der Waals surface area contributed by atoms with Crippen LogP contribution in [-0.4, -0.2) is 46.5 Å². The molecular weight excluding hydrogens is 300 g/mol. The third-order valence-corrected chi connectivity index (χ3v) is 5.75. The van der Waals surface area contributed by atoms with Crippen LogP contribution in [0.25, 0.3) is 0 Å². The number of carbonyl (C=O) groups is 1. The van der Waals surface area contributed by atoms with E-state index < -0.39 is 5.97 Å². The minimum atomic E-state index is -0.713. The zero-order valence-corrected chi connectivity index (χ0v) is 14.0.